The fourth-order valence-electron chi connectivity index (χ4n) is 2.00. The first-order valence-electron chi connectivity index (χ1n) is 7.18. The summed E-state index contributed by atoms with van der Waals surface area (Å²) in [7, 11) is 0. The molecular weight excluding hydrogens is 254 g/mol. The van der Waals surface area contributed by atoms with Gasteiger partial charge in [-0.3, -0.25) is 4.79 Å². The molecule has 0 saturated heterocycles. The number of amides is 1. The Balaban J connectivity index is 2.55. The zero-order valence-corrected chi connectivity index (χ0v) is 12.8. The lowest BCUT2D eigenvalue weighted by Gasteiger charge is -2.16. The van der Waals surface area contributed by atoms with Gasteiger partial charge >= 0.3 is 0 Å². The third kappa shape index (κ3) is 4.85. The second-order valence-electron chi connectivity index (χ2n) is 5.07. The number of aliphatic hydroxyl groups excluding tert-OH is 1. The molecule has 112 valence electrons. The van der Waals surface area contributed by atoms with Crippen molar-refractivity contribution in [2.45, 2.75) is 52.7 Å². The van der Waals surface area contributed by atoms with Crippen LogP contribution in [0.4, 0.5) is 0 Å². The Hall–Kier alpha value is -1.55. The van der Waals surface area contributed by atoms with Crippen molar-refractivity contribution in [2.75, 3.05) is 6.61 Å². The second kappa shape index (κ2) is 7.90. The van der Waals surface area contributed by atoms with E-state index in [0.29, 0.717) is 5.75 Å². The molecule has 0 aliphatic rings. The molecule has 0 aromatic heterocycles. The monoisotopic (exact) mass is 279 g/mol. The van der Waals surface area contributed by atoms with Crippen molar-refractivity contribution in [3.8, 4) is 5.75 Å². The number of hydrogen-bond acceptors (Lipinski definition) is 3. The van der Waals surface area contributed by atoms with Crippen molar-refractivity contribution in [2.24, 2.45) is 0 Å². The van der Waals surface area contributed by atoms with Gasteiger partial charge in [0, 0.05) is 6.04 Å². The van der Waals surface area contributed by atoms with Crippen molar-refractivity contribution in [1.29, 1.82) is 0 Å². The van der Waals surface area contributed by atoms with Crippen LogP contribution in [-0.2, 0) is 4.79 Å². The summed E-state index contributed by atoms with van der Waals surface area (Å²) >= 11 is 0. The smallest absolute Gasteiger partial charge is 0.258 e. The molecule has 20 heavy (non-hydrogen) atoms. The molecule has 0 fully saturated rings. The van der Waals surface area contributed by atoms with Crippen LogP contribution in [0.3, 0.4) is 0 Å². The molecule has 4 heteroatoms. The number of hydrogen-bond donors (Lipinski definition) is 2. The van der Waals surface area contributed by atoms with Crippen LogP contribution in [0.1, 0.15) is 50.8 Å². The number of carbonyl (C=O) groups excluding carboxylic acids is 1. The number of benzene rings is 1. The zero-order valence-electron chi connectivity index (χ0n) is 12.8. The third-order valence-corrected chi connectivity index (χ3v) is 3.39. The first kappa shape index (κ1) is 16.5. The van der Waals surface area contributed by atoms with E-state index in [0.717, 1.165) is 24.0 Å². The summed E-state index contributed by atoms with van der Waals surface area (Å²) in [5, 5.41) is 12.4. The SMILES string of the molecule is CCC(CC)NC(=O)COc1ccc(C(C)O)cc1C. The molecule has 1 amide bonds. The molecule has 0 aliphatic heterocycles. The van der Waals surface area contributed by atoms with Crippen LogP contribution in [0.5, 0.6) is 5.75 Å². The maximum atomic E-state index is 11.8. The average Bonchev–Trinajstić information content (AvgIpc) is 2.43. The van der Waals surface area contributed by atoms with Crippen LogP contribution in [0.2, 0.25) is 0 Å². The van der Waals surface area contributed by atoms with E-state index in [1.807, 2.05) is 32.9 Å². The summed E-state index contributed by atoms with van der Waals surface area (Å²) in [6, 6.07) is 5.69. The third-order valence-electron chi connectivity index (χ3n) is 3.39. The van der Waals surface area contributed by atoms with E-state index in [2.05, 4.69) is 5.32 Å². The summed E-state index contributed by atoms with van der Waals surface area (Å²) in [6.07, 6.45) is 1.34. The number of carbonyl (C=O) groups is 1. The maximum absolute atomic E-state index is 11.8. The number of aryl methyl sites for hydroxylation is 1. The van der Waals surface area contributed by atoms with Gasteiger partial charge in [-0.2, -0.15) is 0 Å². The number of rotatable bonds is 7. The lowest BCUT2D eigenvalue weighted by Crippen LogP contribution is -2.37. The van der Waals surface area contributed by atoms with Crippen molar-refractivity contribution >= 4 is 5.91 Å². The Morgan fingerprint density at radius 1 is 1.35 bits per heavy atom. The van der Waals surface area contributed by atoms with E-state index in [4.69, 9.17) is 4.74 Å². The molecule has 1 atom stereocenters. The summed E-state index contributed by atoms with van der Waals surface area (Å²) in [5.74, 6) is 0.576. The van der Waals surface area contributed by atoms with Crippen molar-refractivity contribution in [3.05, 3.63) is 29.3 Å². The number of aliphatic hydroxyl groups is 1. The van der Waals surface area contributed by atoms with Gasteiger partial charge in [0.25, 0.3) is 5.91 Å². The lowest BCUT2D eigenvalue weighted by atomic mass is 10.1. The molecule has 0 radical (unpaired) electrons. The van der Waals surface area contributed by atoms with E-state index >= 15 is 0 Å². The predicted octanol–water partition coefficient (Wildman–Crippen LogP) is 2.73. The molecule has 4 nitrogen and oxygen atoms in total. The van der Waals surface area contributed by atoms with Gasteiger partial charge in [-0.25, -0.2) is 0 Å². The second-order valence-corrected chi connectivity index (χ2v) is 5.07. The largest absolute Gasteiger partial charge is 0.484 e. The Kier molecular flexibility index (Phi) is 6.52. The van der Waals surface area contributed by atoms with E-state index < -0.39 is 6.10 Å². The van der Waals surface area contributed by atoms with E-state index in [1.54, 1.807) is 13.0 Å². The van der Waals surface area contributed by atoms with Crippen LogP contribution in [0.25, 0.3) is 0 Å². The van der Waals surface area contributed by atoms with Gasteiger partial charge in [-0.15, -0.1) is 0 Å². The van der Waals surface area contributed by atoms with Crippen LogP contribution >= 0.6 is 0 Å². The highest BCUT2D eigenvalue weighted by Gasteiger charge is 2.10. The standard InChI is InChI=1S/C16H25NO3/c1-5-14(6-2)17-16(19)10-20-15-8-7-13(12(4)18)9-11(15)3/h7-9,12,14,18H,5-6,10H2,1-4H3,(H,17,19). The Bertz CT molecular complexity index is 439. The van der Waals surface area contributed by atoms with Gasteiger partial charge in [0.15, 0.2) is 6.61 Å². The molecule has 0 spiro atoms. The minimum atomic E-state index is -0.499. The minimum Gasteiger partial charge on any atom is -0.484 e. The Morgan fingerprint density at radius 3 is 2.50 bits per heavy atom. The number of nitrogens with one attached hydrogen (secondary N) is 1. The summed E-state index contributed by atoms with van der Waals surface area (Å²) in [6.45, 7) is 7.74. The van der Waals surface area contributed by atoms with Gasteiger partial charge in [0.05, 0.1) is 6.10 Å². The molecule has 0 saturated carbocycles. The summed E-state index contributed by atoms with van der Waals surface area (Å²) < 4.78 is 5.53. The van der Waals surface area contributed by atoms with Crippen LogP contribution < -0.4 is 10.1 Å². The zero-order chi connectivity index (χ0) is 15.1. The van der Waals surface area contributed by atoms with Gasteiger partial charge in [0.2, 0.25) is 0 Å². The topological polar surface area (TPSA) is 58.6 Å². The predicted molar refractivity (Wildman–Crippen MR) is 79.8 cm³/mol. The molecular formula is C16H25NO3. The molecule has 1 unspecified atom stereocenters. The quantitative estimate of drug-likeness (QED) is 0.807. The maximum Gasteiger partial charge on any atom is 0.258 e. The lowest BCUT2D eigenvalue weighted by molar-refractivity contribution is -0.123. The normalized spacial score (nSPS) is 12.3. The highest BCUT2D eigenvalue weighted by atomic mass is 16.5. The number of ether oxygens (including phenoxy) is 1. The van der Waals surface area contributed by atoms with Crippen LogP contribution in [0.15, 0.2) is 18.2 Å². The van der Waals surface area contributed by atoms with E-state index in [9.17, 15) is 9.90 Å². The Morgan fingerprint density at radius 2 is 2.00 bits per heavy atom. The van der Waals surface area contributed by atoms with E-state index in [1.165, 1.54) is 0 Å². The van der Waals surface area contributed by atoms with Gasteiger partial charge < -0.3 is 15.2 Å². The fourth-order valence-corrected chi connectivity index (χ4v) is 2.00. The first-order chi connectivity index (χ1) is 9.47. The molecule has 0 heterocycles. The van der Waals surface area contributed by atoms with Gasteiger partial charge in [-0.05, 0) is 49.9 Å². The van der Waals surface area contributed by atoms with Gasteiger partial charge in [0.1, 0.15) is 5.75 Å². The molecule has 0 aliphatic carbocycles. The van der Waals surface area contributed by atoms with E-state index in [-0.39, 0.29) is 18.6 Å². The van der Waals surface area contributed by atoms with Crippen molar-refractivity contribution in [1.82, 2.24) is 5.32 Å². The molecule has 1 aromatic carbocycles. The van der Waals surface area contributed by atoms with Gasteiger partial charge in [-0.1, -0.05) is 19.9 Å². The van der Waals surface area contributed by atoms with Crippen molar-refractivity contribution in [3.63, 3.8) is 0 Å². The fraction of sp³-hybridized carbons (Fsp3) is 0.562. The minimum absolute atomic E-state index is 0.0192. The molecule has 1 aromatic rings. The molecule has 0 bridgehead atoms. The molecule has 2 N–H and O–H groups in total. The molecule has 1 rings (SSSR count). The highest BCUT2D eigenvalue weighted by Crippen LogP contribution is 2.22. The highest BCUT2D eigenvalue weighted by molar-refractivity contribution is 5.77. The van der Waals surface area contributed by atoms with Crippen molar-refractivity contribution < 1.29 is 14.6 Å². The summed E-state index contributed by atoms with van der Waals surface area (Å²) in [5.41, 5.74) is 1.76. The Labute approximate surface area is 121 Å². The first-order valence-corrected chi connectivity index (χ1v) is 7.18. The summed E-state index contributed by atoms with van der Waals surface area (Å²) in [4.78, 5) is 11.8. The van der Waals surface area contributed by atoms with Crippen LogP contribution in [0, 0.1) is 6.92 Å². The average molecular weight is 279 g/mol. The van der Waals surface area contributed by atoms with Crippen LogP contribution in [-0.4, -0.2) is 23.7 Å².